The molecule has 6 heteroatoms. The van der Waals surface area contributed by atoms with E-state index in [0.29, 0.717) is 16.5 Å². The molecule has 1 aromatic carbocycles. The van der Waals surface area contributed by atoms with Crippen LogP contribution in [0.25, 0.3) is 0 Å². The van der Waals surface area contributed by atoms with Gasteiger partial charge in [-0.2, -0.15) is 0 Å². The minimum atomic E-state index is 0.0620. The number of rotatable bonds is 3. The topological polar surface area (TPSA) is 55.0 Å². The Hall–Kier alpha value is -1.52. The molecule has 0 aliphatic heterocycles. The zero-order chi connectivity index (χ0) is 14.0. The number of halogens is 2. The van der Waals surface area contributed by atoms with E-state index >= 15 is 0 Å². The van der Waals surface area contributed by atoms with Crippen LogP contribution in [-0.2, 0) is 0 Å². The quantitative estimate of drug-likeness (QED) is 0.880. The highest BCUT2D eigenvalue weighted by atomic mass is 35.5. The fourth-order valence-corrected chi connectivity index (χ4v) is 2.15. The van der Waals surface area contributed by atoms with E-state index in [0.717, 1.165) is 5.56 Å². The first-order valence-corrected chi connectivity index (χ1v) is 6.50. The third-order valence-corrected chi connectivity index (χ3v) is 3.60. The van der Waals surface area contributed by atoms with Gasteiger partial charge in [0.2, 0.25) is 0 Å². The van der Waals surface area contributed by atoms with E-state index in [1.54, 1.807) is 0 Å². The molecule has 0 amide bonds. The molecule has 0 bridgehead atoms. The van der Waals surface area contributed by atoms with Gasteiger partial charge in [-0.3, -0.25) is 0 Å². The lowest BCUT2D eigenvalue weighted by Gasteiger charge is -2.27. The third-order valence-electron chi connectivity index (χ3n) is 3.06. The van der Waals surface area contributed by atoms with Gasteiger partial charge in [0.25, 0.3) is 0 Å². The van der Waals surface area contributed by atoms with E-state index in [2.05, 4.69) is 9.97 Å². The molecule has 2 rings (SSSR count). The summed E-state index contributed by atoms with van der Waals surface area (Å²) in [6.45, 7) is 2.04. The van der Waals surface area contributed by atoms with Gasteiger partial charge in [-0.25, -0.2) is 9.97 Å². The molecule has 100 valence electrons. The number of hydrogen-bond donors (Lipinski definition) is 1. The molecule has 1 atom stereocenters. The van der Waals surface area contributed by atoms with Crippen molar-refractivity contribution in [2.24, 2.45) is 0 Å². The summed E-state index contributed by atoms with van der Waals surface area (Å²) in [6, 6.07) is 7.74. The van der Waals surface area contributed by atoms with Crippen LogP contribution in [0.1, 0.15) is 18.5 Å². The first-order chi connectivity index (χ1) is 9.00. The van der Waals surface area contributed by atoms with Crippen molar-refractivity contribution >= 4 is 34.7 Å². The summed E-state index contributed by atoms with van der Waals surface area (Å²) in [7, 11) is 1.90. The summed E-state index contributed by atoms with van der Waals surface area (Å²) < 4.78 is 0. The number of benzene rings is 1. The summed E-state index contributed by atoms with van der Waals surface area (Å²) in [4.78, 5) is 9.97. The van der Waals surface area contributed by atoms with Crippen LogP contribution in [0.4, 0.5) is 11.5 Å². The first kappa shape index (κ1) is 13.9. The van der Waals surface area contributed by atoms with E-state index < -0.39 is 0 Å². The van der Waals surface area contributed by atoms with E-state index in [1.807, 2.05) is 43.1 Å². The second-order valence-electron chi connectivity index (χ2n) is 4.24. The van der Waals surface area contributed by atoms with Crippen LogP contribution in [0.3, 0.4) is 0 Å². The second kappa shape index (κ2) is 5.63. The second-order valence-corrected chi connectivity index (χ2v) is 5.04. The Bertz CT molecular complexity index is 589. The van der Waals surface area contributed by atoms with Gasteiger partial charge in [0.15, 0.2) is 11.0 Å². The Balaban J connectivity index is 2.33. The summed E-state index contributed by atoms with van der Waals surface area (Å²) in [5, 5.41) is 0.960. The normalized spacial score (nSPS) is 12.2. The van der Waals surface area contributed by atoms with Crippen molar-refractivity contribution in [3.05, 3.63) is 46.3 Å². The largest absolute Gasteiger partial charge is 0.393 e. The minimum Gasteiger partial charge on any atom is -0.393 e. The van der Waals surface area contributed by atoms with Crippen molar-refractivity contribution in [3.8, 4) is 0 Å². The number of hydrogen-bond acceptors (Lipinski definition) is 4. The van der Waals surface area contributed by atoms with E-state index in [4.69, 9.17) is 28.9 Å². The van der Waals surface area contributed by atoms with Crippen molar-refractivity contribution < 1.29 is 0 Å². The predicted molar refractivity (Wildman–Crippen MR) is 79.7 cm³/mol. The van der Waals surface area contributed by atoms with Gasteiger partial charge in [-0.1, -0.05) is 35.3 Å². The standard InChI is InChI=1S/C13H14Cl2N4/c1-8(9-4-3-5-10(14)6-9)19(2)13-11(16)12(15)17-7-18-13/h3-8H,16H2,1-2H3. The molecule has 0 aliphatic carbocycles. The van der Waals surface area contributed by atoms with Gasteiger partial charge in [-0.05, 0) is 24.6 Å². The fraction of sp³-hybridized carbons (Fsp3) is 0.231. The monoisotopic (exact) mass is 296 g/mol. The van der Waals surface area contributed by atoms with Crippen molar-refractivity contribution in [1.29, 1.82) is 0 Å². The van der Waals surface area contributed by atoms with Gasteiger partial charge >= 0.3 is 0 Å². The number of nitrogen functional groups attached to an aromatic ring is 1. The maximum absolute atomic E-state index is 6.01. The SMILES string of the molecule is CC(c1cccc(Cl)c1)N(C)c1ncnc(Cl)c1N. The van der Waals surface area contributed by atoms with E-state index in [9.17, 15) is 0 Å². The summed E-state index contributed by atoms with van der Waals surface area (Å²) in [5.41, 5.74) is 7.35. The molecule has 2 aromatic rings. The Labute approximate surface area is 122 Å². The third kappa shape index (κ3) is 2.91. The molecule has 0 aliphatic rings. The molecule has 0 radical (unpaired) electrons. The molecule has 19 heavy (non-hydrogen) atoms. The van der Waals surface area contributed by atoms with Crippen LogP contribution in [0.15, 0.2) is 30.6 Å². The zero-order valence-electron chi connectivity index (χ0n) is 10.6. The molecule has 1 aromatic heterocycles. The van der Waals surface area contributed by atoms with Crippen LogP contribution >= 0.6 is 23.2 Å². The van der Waals surface area contributed by atoms with Gasteiger partial charge in [-0.15, -0.1) is 0 Å². The van der Waals surface area contributed by atoms with Gasteiger partial charge in [0, 0.05) is 12.1 Å². The molecule has 1 heterocycles. The summed E-state index contributed by atoms with van der Waals surface area (Å²) in [6.07, 6.45) is 1.40. The molecule has 0 spiro atoms. The Morgan fingerprint density at radius 2 is 2.00 bits per heavy atom. The van der Waals surface area contributed by atoms with Crippen LogP contribution in [0.2, 0.25) is 10.2 Å². The van der Waals surface area contributed by atoms with E-state index in [-0.39, 0.29) is 11.2 Å². The number of aromatic nitrogens is 2. The molecule has 0 saturated carbocycles. The number of anilines is 2. The van der Waals surface area contributed by atoms with E-state index in [1.165, 1.54) is 6.33 Å². The molecular weight excluding hydrogens is 283 g/mol. The number of nitrogens with two attached hydrogens (primary N) is 1. The van der Waals surface area contributed by atoms with Gasteiger partial charge in [0.05, 0.1) is 6.04 Å². The summed E-state index contributed by atoms with van der Waals surface area (Å²) in [5.74, 6) is 0.604. The van der Waals surface area contributed by atoms with Crippen LogP contribution in [-0.4, -0.2) is 17.0 Å². The highest BCUT2D eigenvalue weighted by Gasteiger charge is 2.17. The molecule has 4 nitrogen and oxygen atoms in total. The number of nitrogens with zero attached hydrogens (tertiary/aromatic N) is 3. The van der Waals surface area contributed by atoms with Crippen molar-refractivity contribution in [1.82, 2.24) is 9.97 Å². The Morgan fingerprint density at radius 1 is 1.26 bits per heavy atom. The maximum atomic E-state index is 6.01. The molecule has 1 unspecified atom stereocenters. The van der Waals surface area contributed by atoms with Crippen molar-refractivity contribution in [3.63, 3.8) is 0 Å². The molecule has 0 fully saturated rings. The molecule has 0 saturated heterocycles. The lowest BCUT2D eigenvalue weighted by atomic mass is 10.1. The van der Waals surface area contributed by atoms with Crippen LogP contribution in [0.5, 0.6) is 0 Å². The summed E-state index contributed by atoms with van der Waals surface area (Å²) >= 11 is 11.9. The zero-order valence-corrected chi connectivity index (χ0v) is 12.2. The molecule has 2 N–H and O–H groups in total. The van der Waals surface area contributed by atoms with Crippen LogP contribution < -0.4 is 10.6 Å². The lowest BCUT2D eigenvalue weighted by Crippen LogP contribution is -2.24. The van der Waals surface area contributed by atoms with Crippen LogP contribution in [0, 0.1) is 0 Å². The average Bonchev–Trinajstić information content (AvgIpc) is 2.40. The average molecular weight is 297 g/mol. The highest BCUT2D eigenvalue weighted by Crippen LogP contribution is 2.31. The Kier molecular flexibility index (Phi) is 4.12. The highest BCUT2D eigenvalue weighted by molar-refractivity contribution is 6.32. The van der Waals surface area contributed by atoms with Crippen molar-refractivity contribution in [2.45, 2.75) is 13.0 Å². The van der Waals surface area contributed by atoms with Gasteiger partial charge in [0.1, 0.15) is 12.0 Å². The van der Waals surface area contributed by atoms with Gasteiger partial charge < -0.3 is 10.6 Å². The molecular formula is C13H14Cl2N4. The minimum absolute atomic E-state index is 0.0620. The smallest absolute Gasteiger partial charge is 0.157 e. The maximum Gasteiger partial charge on any atom is 0.157 e. The lowest BCUT2D eigenvalue weighted by molar-refractivity contribution is 0.728. The fourth-order valence-electron chi connectivity index (χ4n) is 1.82. The Morgan fingerprint density at radius 3 is 2.68 bits per heavy atom. The first-order valence-electron chi connectivity index (χ1n) is 5.75. The predicted octanol–water partition coefficient (Wildman–Crippen LogP) is 3.56. The van der Waals surface area contributed by atoms with Crippen molar-refractivity contribution in [2.75, 3.05) is 17.7 Å².